The minimum atomic E-state index is -0.447. The largest absolute Gasteiger partial charge is 0.355 e. The van der Waals surface area contributed by atoms with E-state index in [-0.39, 0.29) is 5.91 Å². The van der Waals surface area contributed by atoms with Gasteiger partial charge >= 0.3 is 0 Å². The Morgan fingerprint density at radius 2 is 1.83 bits per heavy atom. The van der Waals surface area contributed by atoms with Gasteiger partial charge in [0.25, 0.3) is 0 Å². The summed E-state index contributed by atoms with van der Waals surface area (Å²) in [7, 11) is 0. The molecule has 108 valence electrons. The first-order valence-electron chi connectivity index (χ1n) is 7.41. The molecule has 0 rings (SSSR count). The summed E-state index contributed by atoms with van der Waals surface area (Å²) in [5.74, 6) is 0.647. The molecule has 0 heterocycles. The number of rotatable bonds is 9. The summed E-state index contributed by atoms with van der Waals surface area (Å²) in [6, 6.07) is 0.366. The van der Waals surface area contributed by atoms with Crippen LogP contribution in [-0.4, -0.2) is 24.0 Å². The highest BCUT2D eigenvalue weighted by Crippen LogP contribution is 2.18. The monoisotopic (exact) mass is 256 g/mol. The second kappa shape index (κ2) is 8.52. The molecular weight excluding hydrogens is 224 g/mol. The smallest absolute Gasteiger partial charge is 0.240 e. The number of hydrogen-bond donors (Lipinski definition) is 2. The van der Waals surface area contributed by atoms with E-state index < -0.39 is 5.54 Å². The highest BCUT2D eigenvalue weighted by atomic mass is 16.2. The predicted octanol–water partition coefficient (Wildman–Crippen LogP) is 3.10. The molecular formula is C15H32N2O. The normalized spacial score (nSPS) is 16.4. The highest BCUT2D eigenvalue weighted by molar-refractivity contribution is 5.85. The van der Waals surface area contributed by atoms with E-state index in [1.54, 1.807) is 0 Å². The second-order valence-electron chi connectivity index (χ2n) is 5.99. The molecule has 0 saturated carbocycles. The van der Waals surface area contributed by atoms with Crippen molar-refractivity contribution in [2.24, 2.45) is 5.92 Å². The Balaban J connectivity index is 4.57. The Bertz CT molecular complexity index is 241. The molecule has 0 aliphatic heterocycles. The van der Waals surface area contributed by atoms with Crippen molar-refractivity contribution in [1.29, 1.82) is 0 Å². The number of amides is 1. The molecule has 0 aromatic rings. The van der Waals surface area contributed by atoms with Crippen molar-refractivity contribution in [3.8, 4) is 0 Å². The average Bonchev–Trinajstić information content (AvgIpc) is 2.27. The van der Waals surface area contributed by atoms with Gasteiger partial charge in [0.15, 0.2) is 0 Å². The van der Waals surface area contributed by atoms with Gasteiger partial charge in [-0.2, -0.15) is 0 Å². The van der Waals surface area contributed by atoms with Crippen LogP contribution in [0, 0.1) is 5.92 Å². The average molecular weight is 256 g/mol. The van der Waals surface area contributed by atoms with Gasteiger partial charge in [-0.1, -0.05) is 34.1 Å². The standard InChI is InChI=1S/C15H32N2O/c1-7-9-10-16-14(18)15(6,11-12(3)4)17-13(5)8-2/h12-13,17H,7-11H2,1-6H3,(H,16,18). The first kappa shape index (κ1) is 17.4. The molecule has 0 saturated heterocycles. The SMILES string of the molecule is CCCCNC(=O)C(C)(CC(C)C)NC(C)CC. The van der Waals surface area contributed by atoms with Crippen molar-refractivity contribution in [2.45, 2.75) is 78.8 Å². The first-order valence-corrected chi connectivity index (χ1v) is 7.41. The van der Waals surface area contributed by atoms with Gasteiger partial charge in [-0.15, -0.1) is 0 Å². The fourth-order valence-corrected chi connectivity index (χ4v) is 2.25. The van der Waals surface area contributed by atoms with E-state index in [2.05, 4.69) is 45.3 Å². The summed E-state index contributed by atoms with van der Waals surface area (Å²) >= 11 is 0. The van der Waals surface area contributed by atoms with Crippen LogP contribution in [0.15, 0.2) is 0 Å². The quantitative estimate of drug-likeness (QED) is 0.622. The fraction of sp³-hybridized carbons (Fsp3) is 0.933. The third-order valence-corrected chi connectivity index (χ3v) is 3.31. The molecule has 0 aliphatic rings. The molecule has 0 aliphatic carbocycles. The Morgan fingerprint density at radius 3 is 2.28 bits per heavy atom. The van der Waals surface area contributed by atoms with E-state index >= 15 is 0 Å². The van der Waals surface area contributed by atoms with Gasteiger partial charge in [0.05, 0.1) is 5.54 Å². The number of unbranched alkanes of at least 4 members (excludes halogenated alkanes) is 1. The summed E-state index contributed by atoms with van der Waals surface area (Å²) in [6.07, 6.45) is 4.07. The van der Waals surface area contributed by atoms with Gasteiger partial charge in [0.2, 0.25) is 5.91 Å². The molecule has 0 radical (unpaired) electrons. The molecule has 1 amide bonds. The Kier molecular flexibility index (Phi) is 8.25. The zero-order valence-electron chi connectivity index (χ0n) is 13.1. The summed E-state index contributed by atoms with van der Waals surface area (Å²) < 4.78 is 0. The van der Waals surface area contributed by atoms with Crippen molar-refractivity contribution < 1.29 is 4.79 Å². The van der Waals surface area contributed by atoms with E-state index in [1.807, 2.05) is 6.92 Å². The molecule has 2 unspecified atom stereocenters. The van der Waals surface area contributed by atoms with Crippen LogP contribution in [-0.2, 0) is 4.79 Å². The summed E-state index contributed by atoms with van der Waals surface area (Å²) in [6.45, 7) is 13.6. The molecule has 0 spiro atoms. The lowest BCUT2D eigenvalue weighted by Gasteiger charge is -2.34. The van der Waals surface area contributed by atoms with Crippen LogP contribution in [0.5, 0.6) is 0 Å². The molecule has 0 aromatic heterocycles. The van der Waals surface area contributed by atoms with E-state index in [4.69, 9.17) is 0 Å². The highest BCUT2D eigenvalue weighted by Gasteiger charge is 2.34. The molecule has 0 bridgehead atoms. The Hall–Kier alpha value is -0.570. The van der Waals surface area contributed by atoms with Crippen molar-refractivity contribution in [3.05, 3.63) is 0 Å². The number of carbonyl (C=O) groups excluding carboxylic acids is 1. The van der Waals surface area contributed by atoms with Gasteiger partial charge < -0.3 is 10.6 Å². The maximum Gasteiger partial charge on any atom is 0.240 e. The third-order valence-electron chi connectivity index (χ3n) is 3.31. The molecule has 0 fully saturated rings. The molecule has 0 aromatic carbocycles. The van der Waals surface area contributed by atoms with Gasteiger partial charge in [0.1, 0.15) is 0 Å². The predicted molar refractivity (Wildman–Crippen MR) is 78.7 cm³/mol. The molecule has 2 N–H and O–H groups in total. The van der Waals surface area contributed by atoms with Gasteiger partial charge in [-0.05, 0) is 39.0 Å². The van der Waals surface area contributed by atoms with Crippen molar-refractivity contribution in [1.82, 2.24) is 10.6 Å². The van der Waals surface area contributed by atoms with Crippen LogP contribution >= 0.6 is 0 Å². The number of hydrogen-bond acceptors (Lipinski definition) is 2. The van der Waals surface area contributed by atoms with Gasteiger partial charge in [0, 0.05) is 12.6 Å². The lowest BCUT2D eigenvalue weighted by Crippen LogP contribution is -2.58. The lowest BCUT2D eigenvalue weighted by molar-refractivity contribution is -0.128. The maximum absolute atomic E-state index is 12.4. The second-order valence-corrected chi connectivity index (χ2v) is 5.99. The summed E-state index contributed by atoms with van der Waals surface area (Å²) in [5.41, 5.74) is -0.447. The van der Waals surface area contributed by atoms with E-state index in [0.717, 1.165) is 32.2 Å². The van der Waals surface area contributed by atoms with Crippen LogP contribution in [0.25, 0.3) is 0 Å². The van der Waals surface area contributed by atoms with E-state index in [9.17, 15) is 4.79 Å². The van der Waals surface area contributed by atoms with Gasteiger partial charge in [-0.3, -0.25) is 4.79 Å². The third kappa shape index (κ3) is 6.39. The maximum atomic E-state index is 12.4. The summed E-state index contributed by atoms with van der Waals surface area (Å²) in [5, 5.41) is 6.55. The molecule has 3 nitrogen and oxygen atoms in total. The molecule has 18 heavy (non-hydrogen) atoms. The molecule has 3 heteroatoms. The fourth-order valence-electron chi connectivity index (χ4n) is 2.25. The Morgan fingerprint density at radius 1 is 1.22 bits per heavy atom. The molecule has 2 atom stereocenters. The van der Waals surface area contributed by atoms with Crippen molar-refractivity contribution in [2.75, 3.05) is 6.54 Å². The Labute approximate surface area is 113 Å². The van der Waals surface area contributed by atoms with Crippen LogP contribution < -0.4 is 10.6 Å². The van der Waals surface area contributed by atoms with E-state index in [0.29, 0.717) is 12.0 Å². The van der Waals surface area contributed by atoms with Crippen LogP contribution in [0.4, 0.5) is 0 Å². The minimum absolute atomic E-state index is 0.143. The van der Waals surface area contributed by atoms with Crippen molar-refractivity contribution in [3.63, 3.8) is 0 Å². The zero-order chi connectivity index (χ0) is 14.2. The number of nitrogens with one attached hydrogen (secondary N) is 2. The van der Waals surface area contributed by atoms with Crippen LogP contribution in [0.3, 0.4) is 0 Å². The minimum Gasteiger partial charge on any atom is -0.355 e. The number of carbonyl (C=O) groups is 1. The lowest BCUT2D eigenvalue weighted by atomic mass is 9.88. The zero-order valence-corrected chi connectivity index (χ0v) is 13.1. The van der Waals surface area contributed by atoms with E-state index in [1.165, 1.54) is 0 Å². The first-order chi connectivity index (χ1) is 8.35. The topological polar surface area (TPSA) is 41.1 Å². The van der Waals surface area contributed by atoms with Crippen molar-refractivity contribution >= 4 is 5.91 Å². The summed E-state index contributed by atoms with van der Waals surface area (Å²) in [4.78, 5) is 12.4. The van der Waals surface area contributed by atoms with Gasteiger partial charge in [-0.25, -0.2) is 0 Å². The van der Waals surface area contributed by atoms with Crippen LogP contribution in [0.2, 0.25) is 0 Å². The van der Waals surface area contributed by atoms with Crippen LogP contribution in [0.1, 0.15) is 67.2 Å².